The van der Waals surface area contributed by atoms with E-state index in [1.807, 2.05) is 31.2 Å². The zero-order chi connectivity index (χ0) is 31.1. The summed E-state index contributed by atoms with van der Waals surface area (Å²) in [6.07, 6.45) is 15.6. The summed E-state index contributed by atoms with van der Waals surface area (Å²) in [5, 5.41) is 9.80. The SMILES string of the molecule is CCCCCCCCOc1ccc(-c2ncc(-c3ccc(OC(=O)[C@](C)(C#N)[C@H](C)CCCCCC)c(F)c3)cn2)cc1. The van der Waals surface area contributed by atoms with Crippen LogP contribution in [0.1, 0.15) is 98.3 Å². The van der Waals surface area contributed by atoms with Gasteiger partial charge in [-0.2, -0.15) is 5.26 Å². The van der Waals surface area contributed by atoms with Crippen LogP contribution < -0.4 is 9.47 Å². The lowest BCUT2D eigenvalue weighted by Gasteiger charge is -2.26. The molecule has 0 saturated heterocycles. The lowest BCUT2D eigenvalue weighted by Crippen LogP contribution is -2.36. The number of nitrogens with zero attached hydrogens (tertiary/aromatic N) is 3. The van der Waals surface area contributed by atoms with Crippen LogP contribution in [0.15, 0.2) is 54.9 Å². The van der Waals surface area contributed by atoms with Crippen molar-refractivity contribution in [2.45, 2.75) is 98.3 Å². The van der Waals surface area contributed by atoms with Gasteiger partial charge in [0.15, 0.2) is 22.8 Å². The highest BCUT2D eigenvalue weighted by Gasteiger charge is 2.41. The molecule has 2 atom stereocenters. The van der Waals surface area contributed by atoms with E-state index in [0.717, 1.165) is 49.8 Å². The normalized spacial score (nSPS) is 13.1. The summed E-state index contributed by atoms with van der Waals surface area (Å²) in [6, 6.07) is 14.2. The monoisotopic (exact) mass is 587 g/mol. The second-order valence-corrected chi connectivity index (χ2v) is 11.5. The van der Waals surface area contributed by atoms with Crippen LogP contribution in [0.5, 0.6) is 11.5 Å². The van der Waals surface area contributed by atoms with Gasteiger partial charge in [-0.3, -0.25) is 0 Å². The number of hydrogen-bond donors (Lipinski definition) is 0. The summed E-state index contributed by atoms with van der Waals surface area (Å²) in [5.74, 6) is -0.476. The van der Waals surface area contributed by atoms with Crippen LogP contribution in [0, 0.1) is 28.5 Å². The van der Waals surface area contributed by atoms with Crippen LogP contribution in [-0.4, -0.2) is 22.5 Å². The zero-order valence-corrected chi connectivity index (χ0v) is 26.2. The first kappa shape index (κ1) is 33.7. The maximum absolute atomic E-state index is 15.0. The highest BCUT2D eigenvalue weighted by molar-refractivity contribution is 5.82. The molecule has 230 valence electrons. The van der Waals surface area contributed by atoms with E-state index in [4.69, 9.17) is 9.47 Å². The first-order valence-electron chi connectivity index (χ1n) is 15.8. The van der Waals surface area contributed by atoms with Gasteiger partial charge >= 0.3 is 5.97 Å². The lowest BCUT2D eigenvalue weighted by atomic mass is 9.76. The van der Waals surface area contributed by atoms with Crippen molar-refractivity contribution >= 4 is 5.97 Å². The molecule has 0 radical (unpaired) electrons. The minimum absolute atomic E-state index is 0.204. The Morgan fingerprint density at radius 1 is 0.884 bits per heavy atom. The minimum Gasteiger partial charge on any atom is -0.494 e. The van der Waals surface area contributed by atoms with E-state index in [2.05, 4.69) is 29.9 Å². The molecule has 0 saturated carbocycles. The number of aromatic nitrogens is 2. The van der Waals surface area contributed by atoms with E-state index in [1.54, 1.807) is 25.4 Å². The molecular weight excluding hydrogens is 541 g/mol. The fourth-order valence-electron chi connectivity index (χ4n) is 4.89. The van der Waals surface area contributed by atoms with Crippen molar-refractivity contribution < 1.29 is 18.7 Å². The van der Waals surface area contributed by atoms with Gasteiger partial charge in [0.05, 0.1) is 12.7 Å². The summed E-state index contributed by atoms with van der Waals surface area (Å²) in [6.45, 7) is 8.51. The minimum atomic E-state index is -1.36. The molecule has 0 unspecified atom stereocenters. The van der Waals surface area contributed by atoms with Gasteiger partial charge in [0, 0.05) is 23.5 Å². The van der Waals surface area contributed by atoms with Crippen molar-refractivity contribution in [1.82, 2.24) is 9.97 Å². The summed E-state index contributed by atoms with van der Waals surface area (Å²) >= 11 is 0. The van der Waals surface area contributed by atoms with Crippen molar-refractivity contribution in [1.29, 1.82) is 5.26 Å². The molecule has 43 heavy (non-hydrogen) atoms. The molecule has 0 amide bonds. The number of benzene rings is 2. The third kappa shape index (κ3) is 9.88. The Morgan fingerprint density at radius 2 is 1.49 bits per heavy atom. The van der Waals surface area contributed by atoms with Gasteiger partial charge in [-0.1, -0.05) is 84.6 Å². The first-order valence-corrected chi connectivity index (χ1v) is 15.8. The van der Waals surface area contributed by atoms with E-state index in [0.29, 0.717) is 23.6 Å². The second-order valence-electron chi connectivity index (χ2n) is 11.5. The lowest BCUT2D eigenvalue weighted by molar-refractivity contribution is -0.144. The van der Waals surface area contributed by atoms with Gasteiger partial charge in [-0.25, -0.2) is 19.2 Å². The smallest absolute Gasteiger partial charge is 0.331 e. The van der Waals surface area contributed by atoms with Gasteiger partial charge in [0.25, 0.3) is 0 Å². The Hall–Kier alpha value is -3.79. The maximum atomic E-state index is 15.0. The van der Waals surface area contributed by atoms with Gasteiger partial charge in [-0.15, -0.1) is 0 Å². The Kier molecular flexibility index (Phi) is 13.6. The second kappa shape index (κ2) is 17.4. The summed E-state index contributed by atoms with van der Waals surface area (Å²) in [7, 11) is 0. The average molecular weight is 588 g/mol. The molecule has 3 rings (SSSR count). The first-order chi connectivity index (χ1) is 20.8. The molecule has 0 N–H and O–H groups in total. The number of nitriles is 1. The third-order valence-corrected chi connectivity index (χ3v) is 8.13. The van der Waals surface area contributed by atoms with Crippen LogP contribution in [-0.2, 0) is 4.79 Å². The van der Waals surface area contributed by atoms with Gasteiger partial charge in [-0.05, 0) is 67.6 Å². The highest BCUT2D eigenvalue weighted by atomic mass is 19.1. The van der Waals surface area contributed by atoms with E-state index in [9.17, 15) is 10.1 Å². The highest BCUT2D eigenvalue weighted by Crippen LogP contribution is 2.34. The molecule has 2 aromatic carbocycles. The van der Waals surface area contributed by atoms with Gasteiger partial charge in [0.2, 0.25) is 0 Å². The molecule has 1 aromatic heterocycles. The van der Waals surface area contributed by atoms with Crippen LogP contribution >= 0.6 is 0 Å². The number of rotatable bonds is 18. The van der Waals surface area contributed by atoms with E-state index in [1.165, 1.54) is 44.2 Å². The standard InChI is InChI=1S/C36H46FN3O3/c1-5-7-9-11-12-14-22-42-31-19-16-28(17-20-31)34-39-24-30(25-40-34)29-18-21-33(32(37)23-29)43-35(41)36(4,26-38)27(3)15-13-10-8-6-2/h16-21,23-25,27H,5-15,22H2,1-4H3/t27-,36-/m1/s1. The van der Waals surface area contributed by atoms with Crippen molar-refractivity contribution in [3.05, 3.63) is 60.7 Å². The van der Waals surface area contributed by atoms with Crippen molar-refractivity contribution in [3.8, 4) is 40.1 Å². The number of carbonyl (C=O) groups excluding carboxylic acids is 1. The molecule has 0 aliphatic heterocycles. The van der Waals surface area contributed by atoms with Crippen LogP contribution in [0.4, 0.5) is 4.39 Å². The Labute approximate surface area is 256 Å². The predicted octanol–water partition coefficient (Wildman–Crippen LogP) is 9.73. The van der Waals surface area contributed by atoms with Crippen molar-refractivity contribution in [2.75, 3.05) is 6.61 Å². The number of unbranched alkanes of at least 4 members (excludes halogenated alkanes) is 8. The molecule has 0 bridgehead atoms. The van der Waals surface area contributed by atoms with Crippen LogP contribution in [0.25, 0.3) is 22.5 Å². The zero-order valence-electron chi connectivity index (χ0n) is 26.2. The number of halogens is 1. The molecule has 0 spiro atoms. The van der Waals surface area contributed by atoms with Gasteiger partial charge < -0.3 is 9.47 Å². The topological polar surface area (TPSA) is 85.1 Å². The summed E-state index contributed by atoms with van der Waals surface area (Å²) in [4.78, 5) is 21.9. The average Bonchev–Trinajstić information content (AvgIpc) is 3.03. The molecule has 7 heteroatoms. The molecule has 1 heterocycles. The Bertz CT molecular complexity index is 1320. The third-order valence-electron chi connectivity index (χ3n) is 8.13. The Balaban J connectivity index is 1.57. The number of esters is 1. The van der Waals surface area contributed by atoms with Crippen LogP contribution in [0.2, 0.25) is 0 Å². The largest absolute Gasteiger partial charge is 0.494 e. The quantitative estimate of drug-likeness (QED) is 0.0836. The number of ether oxygens (including phenoxy) is 2. The molecular formula is C36H46FN3O3. The Morgan fingerprint density at radius 3 is 2.12 bits per heavy atom. The fourth-order valence-corrected chi connectivity index (χ4v) is 4.89. The molecule has 6 nitrogen and oxygen atoms in total. The molecule has 0 aliphatic rings. The molecule has 3 aromatic rings. The summed E-state index contributed by atoms with van der Waals surface area (Å²) in [5.41, 5.74) is 0.669. The van der Waals surface area contributed by atoms with E-state index >= 15 is 4.39 Å². The predicted molar refractivity (Wildman–Crippen MR) is 169 cm³/mol. The maximum Gasteiger partial charge on any atom is 0.331 e. The van der Waals surface area contributed by atoms with Crippen LogP contribution in [0.3, 0.4) is 0 Å². The molecule has 0 aliphatic carbocycles. The van der Waals surface area contributed by atoms with Crippen molar-refractivity contribution in [2.24, 2.45) is 11.3 Å². The summed E-state index contributed by atoms with van der Waals surface area (Å²) < 4.78 is 26.3. The van der Waals surface area contributed by atoms with E-state index in [-0.39, 0.29) is 11.7 Å². The fraction of sp³-hybridized carbons (Fsp3) is 0.500. The van der Waals surface area contributed by atoms with Gasteiger partial charge in [0.1, 0.15) is 5.75 Å². The number of carbonyl (C=O) groups is 1. The van der Waals surface area contributed by atoms with E-state index < -0.39 is 17.2 Å². The van der Waals surface area contributed by atoms with Crippen molar-refractivity contribution in [3.63, 3.8) is 0 Å². The molecule has 0 fully saturated rings. The number of hydrogen-bond acceptors (Lipinski definition) is 6.